The van der Waals surface area contributed by atoms with Crippen LogP contribution < -0.4 is 4.90 Å². The number of imide groups is 1. The number of nitrogens with zero attached hydrogens (tertiary/aromatic N) is 4. The summed E-state index contributed by atoms with van der Waals surface area (Å²) in [6, 6.07) is 13.1. The van der Waals surface area contributed by atoms with Crippen molar-refractivity contribution < 1.29 is 9.59 Å². The molecule has 6 nitrogen and oxygen atoms in total. The Labute approximate surface area is 149 Å². The molecule has 0 spiro atoms. The van der Waals surface area contributed by atoms with Crippen molar-refractivity contribution in [3.63, 3.8) is 0 Å². The van der Waals surface area contributed by atoms with E-state index in [1.54, 1.807) is 29.3 Å². The molecule has 2 aliphatic heterocycles. The SMILES string of the molecule is Cc1ccccc1CN1N=NC2C(=O)N(c3ccccc3Cl)C(=O)C21. The molecule has 0 N–H and O–H groups in total. The van der Waals surface area contributed by atoms with Crippen LogP contribution in [0.15, 0.2) is 58.9 Å². The Kier molecular flexibility index (Phi) is 3.77. The van der Waals surface area contributed by atoms with Crippen molar-refractivity contribution in [1.82, 2.24) is 5.01 Å². The van der Waals surface area contributed by atoms with Crippen LogP contribution in [0.3, 0.4) is 0 Å². The van der Waals surface area contributed by atoms with Crippen LogP contribution >= 0.6 is 11.6 Å². The van der Waals surface area contributed by atoms with Gasteiger partial charge in [0.2, 0.25) is 0 Å². The first-order valence-electron chi connectivity index (χ1n) is 7.92. The van der Waals surface area contributed by atoms with Gasteiger partial charge in [-0.15, -0.1) is 0 Å². The summed E-state index contributed by atoms with van der Waals surface area (Å²) in [5, 5.41) is 10.0. The third-order valence-corrected chi connectivity index (χ3v) is 4.86. The highest BCUT2D eigenvalue weighted by Crippen LogP contribution is 2.35. The smallest absolute Gasteiger partial charge is 0.263 e. The summed E-state index contributed by atoms with van der Waals surface area (Å²) in [6.45, 7) is 2.42. The van der Waals surface area contributed by atoms with Gasteiger partial charge in [-0.2, -0.15) is 5.11 Å². The number of rotatable bonds is 3. The van der Waals surface area contributed by atoms with Gasteiger partial charge in [0, 0.05) is 0 Å². The van der Waals surface area contributed by atoms with Crippen LogP contribution in [-0.2, 0) is 16.1 Å². The Morgan fingerprint density at radius 2 is 1.76 bits per heavy atom. The van der Waals surface area contributed by atoms with Gasteiger partial charge in [-0.3, -0.25) is 14.6 Å². The molecule has 2 amide bonds. The summed E-state index contributed by atoms with van der Waals surface area (Å²) in [5.41, 5.74) is 2.53. The van der Waals surface area contributed by atoms with Gasteiger partial charge >= 0.3 is 0 Å². The molecule has 2 aromatic rings. The quantitative estimate of drug-likeness (QED) is 0.795. The van der Waals surface area contributed by atoms with E-state index in [4.69, 9.17) is 11.6 Å². The van der Waals surface area contributed by atoms with Crippen LogP contribution in [0, 0.1) is 6.92 Å². The monoisotopic (exact) mass is 354 g/mol. The Morgan fingerprint density at radius 1 is 1.04 bits per heavy atom. The summed E-state index contributed by atoms with van der Waals surface area (Å²) in [4.78, 5) is 26.7. The molecule has 2 aliphatic rings. The molecular weight excluding hydrogens is 340 g/mol. The molecule has 0 aliphatic carbocycles. The number of halogens is 1. The largest absolute Gasteiger partial charge is 0.271 e. The lowest BCUT2D eigenvalue weighted by molar-refractivity contribution is -0.123. The van der Waals surface area contributed by atoms with E-state index in [0.29, 0.717) is 17.3 Å². The lowest BCUT2D eigenvalue weighted by Gasteiger charge is -2.21. The highest BCUT2D eigenvalue weighted by atomic mass is 35.5. The first kappa shape index (κ1) is 15.8. The van der Waals surface area contributed by atoms with E-state index >= 15 is 0 Å². The average Bonchev–Trinajstić information content (AvgIpc) is 3.12. The number of carbonyl (C=O) groups excluding carboxylic acids is 2. The molecule has 0 radical (unpaired) electrons. The molecule has 7 heteroatoms. The third-order valence-electron chi connectivity index (χ3n) is 4.54. The average molecular weight is 355 g/mol. The van der Waals surface area contributed by atoms with Crippen LogP contribution in [0.1, 0.15) is 11.1 Å². The summed E-state index contributed by atoms with van der Waals surface area (Å²) >= 11 is 6.16. The van der Waals surface area contributed by atoms with Gasteiger partial charge in [0.05, 0.1) is 17.3 Å². The van der Waals surface area contributed by atoms with E-state index in [0.717, 1.165) is 16.0 Å². The number of fused-ring (bicyclic) bond motifs is 1. The number of benzene rings is 2. The van der Waals surface area contributed by atoms with Gasteiger partial charge in [0.1, 0.15) is 0 Å². The van der Waals surface area contributed by atoms with Crippen molar-refractivity contribution in [1.29, 1.82) is 0 Å². The predicted molar refractivity (Wildman–Crippen MR) is 93.1 cm³/mol. The first-order chi connectivity index (χ1) is 12.1. The number of amides is 2. The van der Waals surface area contributed by atoms with Crippen molar-refractivity contribution in [2.75, 3.05) is 4.90 Å². The molecule has 0 bridgehead atoms. The highest BCUT2D eigenvalue weighted by molar-refractivity contribution is 6.36. The molecule has 126 valence electrons. The molecule has 1 saturated heterocycles. The molecule has 1 fully saturated rings. The highest BCUT2D eigenvalue weighted by Gasteiger charge is 2.55. The van der Waals surface area contributed by atoms with Gasteiger partial charge in [0.15, 0.2) is 12.1 Å². The molecule has 2 unspecified atom stereocenters. The number of hydrogen-bond donors (Lipinski definition) is 0. The fourth-order valence-electron chi connectivity index (χ4n) is 3.19. The standard InChI is InChI=1S/C18H15ClN4O2/c1-11-6-2-3-7-12(11)10-22-16-15(20-21-22)17(24)23(18(16)25)14-9-5-4-8-13(14)19/h2-9,15-16H,10H2,1H3. The zero-order valence-corrected chi connectivity index (χ0v) is 14.2. The van der Waals surface area contributed by atoms with E-state index < -0.39 is 12.1 Å². The zero-order valence-electron chi connectivity index (χ0n) is 13.5. The van der Waals surface area contributed by atoms with Crippen LogP contribution in [0.5, 0.6) is 0 Å². The maximum Gasteiger partial charge on any atom is 0.263 e. The van der Waals surface area contributed by atoms with Crippen molar-refractivity contribution >= 4 is 29.1 Å². The molecule has 2 heterocycles. The lowest BCUT2D eigenvalue weighted by atomic mass is 10.1. The van der Waals surface area contributed by atoms with E-state index in [-0.39, 0.29) is 11.8 Å². The molecule has 2 atom stereocenters. The summed E-state index contributed by atoms with van der Waals surface area (Å²) in [6.07, 6.45) is 0. The molecule has 4 rings (SSSR count). The van der Waals surface area contributed by atoms with Gasteiger partial charge in [-0.05, 0) is 30.2 Å². The third kappa shape index (κ3) is 2.49. The number of para-hydroxylation sites is 1. The maximum absolute atomic E-state index is 12.9. The van der Waals surface area contributed by atoms with Crippen molar-refractivity contribution in [3.05, 3.63) is 64.7 Å². The van der Waals surface area contributed by atoms with Crippen molar-refractivity contribution in [3.8, 4) is 0 Å². The molecule has 0 saturated carbocycles. The van der Waals surface area contributed by atoms with Crippen LogP contribution in [0.25, 0.3) is 0 Å². The van der Waals surface area contributed by atoms with Gasteiger partial charge in [0.25, 0.3) is 11.8 Å². The number of carbonyl (C=O) groups is 2. The molecule has 0 aromatic heterocycles. The predicted octanol–water partition coefficient (Wildman–Crippen LogP) is 3.14. The number of anilines is 1. The second-order valence-corrected chi connectivity index (χ2v) is 6.49. The summed E-state index contributed by atoms with van der Waals surface area (Å²) < 4.78 is 0. The Hall–Kier alpha value is -2.73. The fourth-order valence-corrected chi connectivity index (χ4v) is 3.41. The van der Waals surface area contributed by atoms with E-state index in [1.165, 1.54) is 0 Å². The van der Waals surface area contributed by atoms with Gasteiger partial charge in [-0.1, -0.05) is 53.2 Å². The maximum atomic E-state index is 12.9. The zero-order chi connectivity index (χ0) is 17.6. The van der Waals surface area contributed by atoms with Crippen molar-refractivity contribution in [2.24, 2.45) is 10.3 Å². The van der Waals surface area contributed by atoms with E-state index in [2.05, 4.69) is 10.3 Å². The summed E-state index contributed by atoms with van der Waals surface area (Å²) in [5.74, 6) is -0.735. The fraction of sp³-hybridized carbons (Fsp3) is 0.222. The minimum atomic E-state index is -0.812. The van der Waals surface area contributed by atoms with Gasteiger partial charge < -0.3 is 0 Å². The van der Waals surface area contributed by atoms with E-state index in [9.17, 15) is 9.59 Å². The normalized spacial score (nSPS) is 22.0. The van der Waals surface area contributed by atoms with E-state index in [1.807, 2.05) is 31.2 Å². The molecular formula is C18H15ClN4O2. The summed E-state index contributed by atoms with van der Waals surface area (Å²) in [7, 11) is 0. The van der Waals surface area contributed by atoms with Gasteiger partial charge in [-0.25, -0.2) is 4.90 Å². The second kappa shape index (κ2) is 5.97. The number of aryl methyl sites for hydroxylation is 1. The first-order valence-corrected chi connectivity index (χ1v) is 8.30. The molecule has 25 heavy (non-hydrogen) atoms. The number of hydrogen-bond acceptors (Lipinski definition) is 5. The minimum absolute atomic E-state index is 0.346. The minimum Gasteiger partial charge on any atom is -0.271 e. The molecule has 2 aromatic carbocycles. The van der Waals surface area contributed by atoms with Crippen molar-refractivity contribution in [2.45, 2.75) is 25.6 Å². The Morgan fingerprint density at radius 3 is 2.52 bits per heavy atom. The second-order valence-electron chi connectivity index (χ2n) is 6.08. The Balaban J connectivity index is 1.64. The lowest BCUT2D eigenvalue weighted by Crippen LogP contribution is -2.39. The Bertz CT molecular complexity index is 898. The van der Waals surface area contributed by atoms with Crippen LogP contribution in [0.4, 0.5) is 5.69 Å². The van der Waals surface area contributed by atoms with Crippen LogP contribution in [-0.4, -0.2) is 28.9 Å². The topological polar surface area (TPSA) is 65.3 Å². The van der Waals surface area contributed by atoms with Crippen LogP contribution in [0.2, 0.25) is 5.02 Å².